The number of aromatic nitrogens is 3. The first-order valence-corrected chi connectivity index (χ1v) is 9.36. The summed E-state index contributed by atoms with van der Waals surface area (Å²) in [5, 5.41) is 10.0. The van der Waals surface area contributed by atoms with E-state index in [-0.39, 0.29) is 6.42 Å². The van der Waals surface area contributed by atoms with Crippen LogP contribution in [0.15, 0.2) is 36.7 Å². The molecule has 0 spiro atoms. The Kier molecular flexibility index (Phi) is 4.62. The average molecular weight is 366 g/mol. The SMILES string of the molecule is O=C(O)C/C(=C/c1cnc(N2CCCC2)nc1)c1nc2ccccc2s1. The second kappa shape index (κ2) is 7.21. The van der Waals surface area contributed by atoms with Crippen LogP contribution in [0.25, 0.3) is 21.9 Å². The Hall–Kier alpha value is -2.80. The third-order valence-electron chi connectivity index (χ3n) is 4.30. The van der Waals surface area contributed by atoms with Gasteiger partial charge in [0.15, 0.2) is 0 Å². The minimum Gasteiger partial charge on any atom is -0.481 e. The number of para-hydroxylation sites is 1. The molecule has 1 aliphatic rings. The fourth-order valence-corrected chi connectivity index (χ4v) is 4.03. The van der Waals surface area contributed by atoms with E-state index in [9.17, 15) is 9.90 Å². The van der Waals surface area contributed by atoms with Crippen LogP contribution in [0.2, 0.25) is 0 Å². The Morgan fingerprint density at radius 2 is 1.92 bits per heavy atom. The zero-order valence-corrected chi connectivity index (χ0v) is 14.9. The Balaban J connectivity index is 1.66. The number of hydrogen-bond acceptors (Lipinski definition) is 6. The maximum atomic E-state index is 11.3. The van der Waals surface area contributed by atoms with Gasteiger partial charge in [0, 0.05) is 31.0 Å². The lowest BCUT2D eigenvalue weighted by Gasteiger charge is -2.14. The summed E-state index contributed by atoms with van der Waals surface area (Å²) >= 11 is 1.50. The largest absolute Gasteiger partial charge is 0.481 e. The molecule has 0 atom stereocenters. The highest BCUT2D eigenvalue weighted by atomic mass is 32.1. The number of rotatable bonds is 5. The second-order valence-corrected chi connectivity index (χ2v) is 7.27. The van der Waals surface area contributed by atoms with E-state index in [4.69, 9.17) is 0 Å². The Labute approximate surface area is 154 Å². The number of carboxylic acids is 1. The van der Waals surface area contributed by atoms with E-state index in [1.54, 1.807) is 12.4 Å². The second-order valence-electron chi connectivity index (χ2n) is 6.24. The summed E-state index contributed by atoms with van der Waals surface area (Å²) in [4.78, 5) is 26.9. The van der Waals surface area contributed by atoms with Gasteiger partial charge >= 0.3 is 5.97 Å². The molecule has 0 unspecified atom stereocenters. The van der Waals surface area contributed by atoms with Gasteiger partial charge in [0.05, 0.1) is 16.6 Å². The van der Waals surface area contributed by atoms with Crippen molar-refractivity contribution in [2.75, 3.05) is 18.0 Å². The van der Waals surface area contributed by atoms with Crippen LogP contribution < -0.4 is 4.90 Å². The molecule has 1 fully saturated rings. The fraction of sp³-hybridized carbons (Fsp3) is 0.263. The summed E-state index contributed by atoms with van der Waals surface area (Å²) in [6.45, 7) is 1.98. The Morgan fingerprint density at radius 1 is 1.19 bits per heavy atom. The summed E-state index contributed by atoms with van der Waals surface area (Å²) in [7, 11) is 0. The topological polar surface area (TPSA) is 79.2 Å². The number of anilines is 1. The van der Waals surface area contributed by atoms with E-state index >= 15 is 0 Å². The molecule has 1 aliphatic heterocycles. The summed E-state index contributed by atoms with van der Waals surface area (Å²) in [5.41, 5.74) is 2.32. The van der Waals surface area contributed by atoms with Crippen molar-refractivity contribution < 1.29 is 9.90 Å². The maximum Gasteiger partial charge on any atom is 0.307 e. The number of aliphatic carboxylic acids is 1. The van der Waals surface area contributed by atoms with E-state index in [1.807, 2.05) is 30.3 Å². The van der Waals surface area contributed by atoms with Crippen molar-refractivity contribution in [3.8, 4) is 0 Å². The molecule has 0 bridgehead atoms. The lowest BCUT2D eigenvalue weighted by atomic mass is 10.1. The summed E-state index contributed by atoms with van der Waals surface area (Å²) in [6, 6.07) is 7.80. The van der Waals surface area contributed by atoms with Crippen LogP contribution in [0.5, 0.6) is 0 Å². The minimum atomic E-state index is -0.884. The number of fused-ring (bicyclic) bond motifs is 1. The zero-order chi connectivity index (χ0) is 17.9. The van der Waals surface area contributed by atoms with Crippen LogP contribution >= 0.6 is 11.3 Å². The van der Waals surface area contributed by atoms with Crippen molar-refractivity contribution in [2.45, 2.75) is 19.3 Å². The number of hydrogen-bond donors (Lipinski definition) is 1. The van der Waals surface area contributed by atoms with Gasteiger partial charge in [0.2, 0.25) is 5.95 Å². The number of benzene rings is 1. The van der Waals surface area contributed by atoms with Gasteiger partial charge in [-0.25, -0.2) is 15.0 Å². The number of carbonyl (C=O) groups is 1. The van der Waals surface area contributed by atoms with E-state index in [0.29, 0.717) is 5.57 Å². The molecule has 3 aromatic rings. The normalized spacial score (nSPS) is 14.9. The first kappa shape index (κ1) is 16.7. The van der Waals surface area contributed by atoms with Crippen LogP contribution in [0.1, 0.15) is 29.8 Å². The van der Waals surface area contributed by atoms with E-state index < -0.39 is 5.97 Å². The van der Waals surface area contributed by atoms with E-state index in [1.165, 1.54) is 24.2 Å². The van der Waals surface area contributed by atoms with Crippen LogP contribution in [-0.2, 0) is 4.79 Å². The first-order valence-electron chi connectivity index (χ1n) is 8.54. The van der Waals surface area contributed by atoms with E-state index in [0.717, 1.165) is 39.8 Å². The monoisotopic (exact) mass is 366 g/mol. The Bertz CT molecular complexity index is 926. The van der Waals surface area contributed by atoms with Crippen molar-refractivity contribution >= 4 is 45.1 Å². The van der Waals surface area contributed by atoms with Crippen LogP contribution in [0, 0.1) is 0 Å². The van der Waals surface area contributed by atoms with Gasteiger partial charge in [-0.15, -0.1) is 11.3 Å². The van der Waals surface area contributed by atoms with Crippen molar-refractivity contribution in [3.63, 3.8) is 0 Å². The molecule has 132 valence electrons. The molecule has 0 aliphatic carbocycles. The number of thiazole rings is 1. The lowest BCUT2D eigenvalue weighted by molar-refractivity contribution is -0.135. The van der Waals surface area contributed by atoms with Gasteiger partial charge < -0.3 is 10.0 Å². The smallest absolute Gasteiger partial charge is 0.307 e. The molecule has 7 heteroatoms. The van der Waals surface area contributed by atoms with Crippen molar-refractivity contribution in [1.82, 2.24) is 15.0 Å². The molecule has 26 heavy (non-hydrogen) atoms. The predicted octanol–water partition coefficient (Wildman–Crippen LogP) is 3.70. The van der Waals surface area contributed by atoms with Crippen LogP contribution in [0.3, 0.4) is 0 Å². The molecule has 0 saturated carbocycles. The van der Waals surface area contributed by atoms with Gasteiger partial charge in [-0.1, -0.05) is 12.1 Å². The molecule has 0 radical (unpaired) electrons. The molecule has 1 aromatic carbocycles. The Morgan fingerprint density at radius 3 is 2.62 bits per heavy atom. The van der Waals surface area contributed by atoms with Gasteiger partial charge in [0.1, 0.15) is 5.01 Å². The maximum absolute atomic E-state index is 11.3. The van der Waals surface area contributed by atoms with Gasteiger partial charge in [-0.2, -0.15) is 0 Å². The molecule has 2 aromatic heterocycles. The molecule has 1 N–H and O–H groups in total. The van der Waals surface area contributed by atoms with Gasteiger partial charge in [-0.05, 0) is 36.6 Å². The third kappa shape index (κ3) is 3.57. The summed E-state index contributed by atoms with van der Waals surface area (Å²) in [6.07, 6.45) is 7.57. The van der Waals surface area contributed by atoms with Crippen molar-refractivity contribution in [3.05, 3.63) is 47.2 Å². The van der Waals surface area contributed by atoms with Gasteiger partial charge in [-0.3, -0.25) is 4.79 Å². The van der Waals surface area contributed by atoms with Crippen molar-refractivity contribution in [1.29, 1.82) is 0 Å². The molecule has 0 amide bonds. The summed E-state index contributed by atoms with van der Waals surface area (Å²) in [5.74, 6) is -0.149. The quantitative estimate of drug-likeness (QED) is 0.742. The zero-order valence-electron chi connectivity index (χ0n) is 14.1. The summed E-state index contributed by atoms with van der Waals surface area (Å²) < 4.78 is 1.04. The number of nitrogens with zero attached hydrogens (tertiary/aromatic N) is 4. The number of carboxylic acid groups (broad SMARTS) is 1. The molecule has 4 rings (SSSR count). The highest BCUT2D eigenvalue weighted by molar-refractivity contribution is 7.19. The predicted molar refractivity (Wildman–Crippen MR) is 103 cm³/mol. The minimum absolute atomic E-state index is 0.0896. The highest BCUT2D eigenvalue weighted by Gasteiger charge is 2.15. The first-order chi connectivity index (χ1) is 12.7. The van der Waals surface area contributed by atoms with Crippen LogP contribution in [-0.4, -0.2) is 39.1 Å². The average Bonchev–Trinajstić information content (AvgIpc) is 3.31. The lowest BCUT2D eigenvalue weighted by Crippen LogP contribution is -2.20. The molecular formula is C19H18N4O2S. The van der Waals surface area contributed by atoms with E-state index in [2.05, 4.69) is 19.9 Å². The highest BCUT2D eigenvalue weighted by Crippen LogP contribution is 2.30. The molecular weight excluding hydrogens is 348 g/mol. The molecule has 1 saturated heterocycles. The van der Waals surface area contributed by atoms with Crippen LogP contribution in [0.4, 0.5) is 5.95 Å². The fourth-order valence-electron chi connectivity index (χ4n) is 3.05. The van der Waals surface area contributed by atoms with Gasteiger partial charge in [0.25, 0.3) is 0 Å². The van der Waals surface area contributed by atoms with Crippen molar-refractivity contribution in [2.24, 2.45) is 0 Å². The molecule has 6 nitrogen and oxygen atoms in total. The third-order valence-corrected chi connectivity index (χ3v) is 5.41. The standard InChI is InChI=1S/C19H18N4O2S/c24-17(25)10-14(18-22-15-5-1-2-6-16(15)26-18)9-13-11-20-19(21-12-13)23-7-3-4-8-23/h1-2,5-6,9,11-12H,3-4,7-8,10H2,(H,24,25)/b14-9-. The molecule has 3 heterocycles.